The molecular weight excluding hydrogens is 675 g/mol. The standard InChI is InChI=1S/C48H47N7/c1-28(2)51-38-19-14-20-39(43(38)50)55(40-25-23-32(30-15-10-9-11-16-30)42(49)45(40)52-29(3)4)41-26-24-33(44-46(41)54-48(7,8)53-44)31-21-22-35-34-17-12-13-18-36(34)47(5,6)37(35)27-31/h9-29,49-50H,1-8H3. The summed E-state index contributed by atoms with van der Waals surface area (Å²) >= 11 is 0. The van der Waals surface area contributed by atoms with Crippen molar-refractivity contribution in [2.75, 3.05) is 4.90 Å². The van der Waals surface area contributed by atoms with E-state index in [9.17, 15) is 10.8 Å². The highest BCUT2D eigenvalue weighted by molar-refractivity contribution is 6.63. The minimum atomic E-state index is -0.716. The quantitative estimate of drug-likeness (QED) is 0.183. The van der Waals surface area contributed by atoms with E-state index in [1.165, 1.54) is 22.3 Å². The largest absolute Gasteiger partial charge is 0.304 e. The van der Waals surface area contributed by atoms with Crippen LogP contribution in [0.3, 0.4) is 0 Å². The van der Waals surface area contributed by atoms with Crippen LogP contribution in [0.1, 0.15) is 72.1 Å². The summed E-state index contributed by atoms with van der Waals surface area (Å²) in [5.74, 6) is 0. The lowest BCUT2D eigenvalue weighted by Gasteiger charge is -2.34. The summed E-state index contributed by atoms with van der Waals surface area (Å²) in [6.45, 7) is 16.8. The molecule has 4 aromatic rings. The zero-order valence-electron chi connectivity index (χ0n) is 32.9. The molecule has 7 heteroatoms. The second-order valence-corrected chi connectivity index (χ2v) is 16.2. The average Bonchev–Trinajstić information content (AvgIpc) is 3.60. The highest BCUT2D eigenvalue weighted by atomic mass is 15.2. The van der Waals surface area contributed by atoms with Crippen molar-refractivity contribution in [1.82, 2.24) is 0 Å². The molecule has 0 radical (unpaired) electrons. The number of aliphatic imine (C=N–C) groups is 2. The van der Waals surface area contributed by atoms with Gasteiger partial charge in [0, 0.05) is 28.6 Å². The van der Waals surface area contributed by atoms with Gasteiger partial charge in [-0.2, -0.15) is 0 Å². The molecule has 7 nitrogen and oxygen atoms in total. The second kappa shape index (κ2) is 13.3. The van der Waals surface area contributed by atoms with Crippen molar-refractivity contribution in [3.05, 3.63) is 154 Å². The molecule has 1 aliphatic heterocycles. The lowest BCUT2D eigenvalue weighted by atomic mass is 9.81. The molecule has 0 unspecified atom stereocenters. The molecule has 2 N–H and O–H groups in total. The van der Waals surface area contributed by atoms with Crippen LogP contribution in [0.5, 0.6) is 0 Å². The summed E-state index contributed by atoms with van der Waals surface area (Å²) in [5.41, 5.74) is 12.0. The molecule has 0 atom stereocenters. The van der Waals surface area contributed by atoms with Gasteiger partial charge in [0.15, 0.2) is 0 Å². The van der Waals surface area contributed by atoms with Gasteiger partial charge in [0.1, 0.15) is 22.4 Å². The van der Waals surface area contributed by atoms with E-state index >= 15 is 0 Å². The highest BCUT2D eigenvalue weighted by Crippen LogP contribution is 2.49. The average molecular weight is 722 g/mol. The van der Waals surface area contributed by atoms with Gasteiger partial charge < -0.3 is 4.90 Å². The van der Waals surface area contributed by atoms with Gasteiger partial charge in [-0.15, -0.1) is 0 Å². The Labute approximate surface area is 323 Å². The van der Waals surface area contributed by atoms with E-state index in [0.29, 0.717) is 28.5 Å². The third-order valence-electron chi connectivity index (χ3n) is 10.6. The molecular formula is C48H47N7. The Morgan fingerprint density at radius 2 is 1.29 bits per heavy atom. The van der Waals surface area contributed by atoms with Crippen molar-refractivity contribution in [3.8, 4) is 22.3 Å². The van der Waals surface area contributed by atoms with E-state index in [2.05, 4.69) is 73.3 Å². The number of allylic oxidation sites excluding steroid dienone is 8. The molecule has 1 heterocycles. The third-order valence-corrected chi connectivity index (χ3v) is 10.6. The fourth-order valence-electron chi connectivity index (χ4n) is 8.15. The van der Waals surface area contributed by atoms with E-state index in [4.69, 9.17) is 20.0 Å². The molecule has 0 saturated carbocycles. The first kappa shape index (κ1) is 35.9. The summed E-state index contributed by atoms with van der Waals surface area (Å²) in [6.07, 6.45) is 9.82. The van der Waals surface area contributed by atoms with Gasteiger partial charge in [0.05, 0.1) is 33.9 Å². The van der Waals surface area contributed by atoms with E-state index in [1.54, 1.807) is 0 Å². The number of hydrogen-bond acceptors (Lipinski definition) is 7. The molecule has 8 rings (SSSR count). The number of anilines is 1. The van der Waals surface area contributed by atoms with Gasteiger partial charge in [-0.05, 0) is 117 Å². The Bertz CT molecular complexity index is 2630. The van der Waals surface area contributed by atoms with Crippen LogP contribution < -0.4 is 15.6 Å². The number of benzene rings is 4. The number of nitrogens with zero attached hydrogens (tertiary/aromatic N) is 5. The van der Waals surface area contributed by atoms with Gasteiger partial charge in [-0.1, -0.05) is 86.7 Å². The van der Waals surface area contributed by atoms with Crippen molar-refractivity contribution in [3.63, 3.8) is 0 Å². The molecule has 274 valence electrons. The summed E-state index contributed by atoms with van der Waals surface area (Å²) in [4.78, 5) is 22.5. The van der Waals surface area contributed by atoms with E-state index in [1.807, 2.05) is 102 Å². The maximum Gasteiger partial charge on any atom is 0.146 e. The Morgan fingerprint density at radius 3 is 2.04 bits per heavy atom. The Hall–Kier alpha value is -6.08. The van der Waals surface area contributed by atoms with Crippen molar-refractivity contribution in [2.45, 2.75) is 78.6 Å². The maximum absolute atomic E-state index is 9.60. The Balaban J connectivity index is 1.36. The first-order chi connectivity index (χ1) is 26.2. The van der Waals surface area contributed by atoms with Gasteiger partial charge in [-0.3, -0.25) is 30.8 Å². The van der Waals surface area contributed by atoms with Crippen LogP contribution in [0, 0.1) is 10.8 Å². The van der Waals surface area contributed by atoms with Crippen molar-refractivity contribution < 1.29 is 0 Å². The summed E-state index contributed by atoms with van der Waals surface area (Å²) in [5, 5.41) is 20.7. The SMILES string of the molecule is CC(C)N=C1C=CC=C(N(C2=CC=C(c3ccccc3)C(=N)C2=NC(C)C)c2ccc(-c3ccc4c(c3)C(C)(C)c3ccccc3-4)c3c2=NC(C)(C)N=3)C1=N. The zero-order chi connectivity index (χ0) is 38.8. The second-order valence-electron chi connectivity index (χ2n) is 16.2. The van der Waals surface area contributed by atoms with Crippen molar-refractivity contribution in [2.24, 2.45) is 20.0 Å². The van der Waals surface area contributed by atoms with E-state index in [0.717, 1.165) is 38.7 Å². The first-order valence-electron chi connectivity index (χ1n) is 19.1. The van der Waals surface area contributed by atoms with Crippen LogP contribution in [0.4, 0.5) is 5.69 Å². The minimum absolute atomic E-state index is 0.00697. The smallest absolute Gasteiger partial charge is 0.146 e. The molecule has 0 saturated heterocycles. The summed E-state index contributed by atoms with van der Waals surface area (Å²) in [6, 6.07) is 29.7. The third kappa shape index (κ3) is 6.18. The molecule has 0 amide bonds. The molecule has 0 bridgehead atoms. The van der Waals surface area contributed by atoms with Gasteiger partial charge in [0.25, 0.3) is 0 Å². The zero-order valence-corrected chi connectivity index (χ0v) is 32.9. The molecule has 55 heavy (non-hydrogen) atoms. The molecule has 4 aromatic carbocycles. The van der Waals surface area contributed by atoms with E-state index < -0.39 is 5.66 Å². The van der Waals surface area contributed by atoms with Crippen LogP contribution in [0.2, 0.25) is 0 Å². The molecule has 0 spiro atoms. The van der Waals surface area contributed by atoms with Crippen LogP contribution in [-0.2, 0) is 5.41 Å². The number of hydrogen-bond donors (Lipinski definition) is 2. The summed E-state index contributed by atoms with van der Waals surface area (Å²) < 4.78 is 0. The predicted octanol–water partition coefficient (Wildman–Crippen LogP) is 9.63. The lowest BCUT2D eigenvalue weighted by Crippen LogP contribution is -2.42. The van der Waals surface area contributed by atoms with Crippen molar-refractivity contribution >= 4 is 34.1 Å². The molecule has 0 aromatic heterocycles. The normalized spacial score (nSPS) is 19.1. The fourth-order valence-corrected chi connectivity index (χ4v) is 8.15. The predicted molar refractivity (Wildman–Crippen MR) is 229 cm³/mol. The van der Waals surface area contributed by atoms with Gasteiger partial charge >= 0.3 is 0 Å². The van der Waals surface area contributed by atoms with Crippen LogP contribution in [0.15, 0.2) is 147 Å². The number of nitrogens with one attached hydrogen (secondary N) is 2. The van der Waals surface area contributed by atoms with Crippen LogP contribution in [-0.4, -0.2) is 40.6 Å². The highest BCUT2D eigenvalue weighted by Gasteiger charge is 2.37. The van der Waals surface area contributed by atoms with E-state index in [-0.39, 0.29) is 23.2 Å². The van der Waals surface area contributed by atoms with Gasteiger partial charge in [0.2, 0.25) is 0 Å². The topological polar surface area (TPSA) is 100 Å². The monoisotopic (exact) mass is 721 g/mol. The molecule has 0 fully saturated rings. The van der Waals surface area contributed by atoms with Gasteiger partial charge in [-0.25, -0.2) is 0 Å². The Kier molecular flexibility index (Phi) is 8.71. The number of fused-ring (bicyclic) bond motifs is 4. The molecule has 4 aliphatic rings. The number of rotatable bonds is 7. The maximum atomic E-state index is 9.60. The summed E-state index contributed by atoms with van der Waals surface area (Å²) in [7, 11) is 0. The van der Waals surface area contributed by atoms with Crippen LogP contribution >= 0.6 is 0 Å². The van der Waals surface area contributed by atoms with Crippen LogP contribution in [0.25, 0.3) is 27.8 Å². The minimum Gasteiger partial charge on any atom is -0.304 e. The molecule has 3 aliphatic carbocycles. The Morgan fingerprint density at radius 1 is 0.618 bits per heavy atom. The fraction of sp³-hybridized carbons (Fsp3) is 0.250. The van der Waals surface area contributed by atoms with Crippen molar-refractivity contribution in [1.29, 1.82) is 10.8 Å². The lowest BCUT2D eigenvalue weighted by molar-refractivity contribution is 0.549. The first-order valence-corrected chi connectivity index (χ1v) is 19.1.